The number of carbonyl (C=O) groups is 4. The van der Waals surface area contributed by atoms with Gasteiger partial charge < -0.3 is 30.5 Å². The Morgan fingerprint density at radius 1 is 0.927 bits per heavy atom. The molecule has 0 saturated carbocycles. The summed E-state index contributed by atoms with van der Waals surface area (Å²) in [5.41, 5.74) is 1.50. The Kier molecular flexibility index (Phi) is 12.7. The average Bonchev–Trinajstić information content (AvgIpc) is 2.89. The number of alkyl halides is 2. The molecule has 0 aliphatic carbocycles. The molecule has 12 heteroatoms. The number of amides is 2. The summed E-state index contributed by atoms with van der Waals surface area (Å²) >= 11 is 11.9. The summed E-state index contributed by atoms with van der Waals surface area (Å²) in [7, 11) is 0. The van der Waals surface area contributed by atoms with E-state index in [1.807, 2.05) is 25.1 Å². The second-order valence-corrected chi connectivity index (χ2v) is 11.3. The number of hydrogen-bond donors (Lipinski definition) is 4. The molecule has 41 heavy (non-hydrogen) atoms. The van der Waals surface area contributed by atoms with E-state index >= 15 is 0 Å². The summed E-state index contributed by atoms with van der Waals surface area (Å²) in [6.07, 6.45) is -0.716. The fraction of sp³-hybridized carbons (Fsp3) is 0.448. The van der Waals surface area contributed by atoms with Crippen LogP contribution in [-0.4, -0.2) is 70.9 Å². The molecule has 2 aromatic rings. The Labute approximate surface area is 250 Å². The molecule has 0 aliphatic heterocycles. The molecule has 2 amide bonds. The minimum Gasteiger partial charge on any atom is -0.481 e. The van der Waals surface area contributed by atoms with Gasteiger partial charge in [-0.3, -0.25) is 14.4 Å². The number of aryl methyl sites for hydroxylation is 1. The van der Waals surface area contributed by atoms with Crippen molar-refractivity contribution >= 4 is 52.6 Å². The van der Waals surface area contributed by atoms with Gasteiger partial charge in [0.2, 0.25) is 5.91 Å². The molecule has 0 heterocycles. The highest BCUT2D eigenvalue weighted by atomic mass is 35.5. The lowest BCUT2D eigenvalue weighted by Gasteiger charge is -2.31. The third-order valence-electron chi connectivity index (χ3n) is 6.24. The van der Waals surface area contributed by atoms with E-state index in [1.54, 1.807) is 45.0 Å². The summed E-state index contributed by atoms with van der Waals surface area (Å²) < 4.78 is 5.96. The molecule has 0 aliphatic rings. The highest BCUT2D eigenvalue weighted by Crippen LogP contribution is 2.29. The van der Waals surface area contributed by atoms with Crippen molar-refractivity contribution in [2.45, 2.75) is 52.6 Å². The fourth-order valence-electron chi connectivity index (χ4n) is 4.08. The van der Waals surface area contributed by atoms with Crippen LogP contribution in [0.3, 0.4) is 0 Å². The predicted molar refractivity (Wildman–Crippen MR) is 158 cm³/mol. The van der Waals surface area contributed by atoms with Crippen LogP contribution in [0.15, 0.2) is 42.5 Å². The molecule has 0 fully saturated rings. The molecule has 0 saturated heterocycles. The molecule has 2 aromatic carbocycles. The lowest BCUT2D eigenvalue weighted by molar-refractivity contribution is -0.143. The highest BCUT2D eigenvalue weighted by Gasteiger charge is 2.35. The first-order valence-corrected chi connectivity index (χ1v) is 14.1. The average molecular weight is 611 g/mol. The van der Waals surface area contributed by atoms with Crippen molar-refractivity contribution in [2.75, 3.05) is 29.7 Å². The van der Waals surface area contributed by atoms with E-state index in [2.05, 4.69) is 15.5 Å². The molecule has 224 valence electrons. The molecule has 2 atom stereocenters. The quantitative estimate of drug-likeness (QED) is 0.213. The zero-order chi connectivity index (χ0) is 30.7. The van der Waals surface area contributed by atoms with Crippen LogP contribution in [0.2, 0.25) is 0 Å². The smallest absolute Gasteiger partial charge is 0.326 e. The van der Waals surface area contributed by atoms with Crippen LogP contribution in [0, 0.1) is 12.3 Å². The SMILES string of the molecule is Cc1cc(Oc2ccc(C(=O)N[C@H](C(=O)N[C@@H](CCC(=O)O)C(=O)O)C(C)(C)C)cc2)ccc1N(CCCl)CCCl. The number of halogens is 2. The van der Waals surface area contributed by atoms with Gasteiger partial charge >= 0.3 is 11.9 Å². The van der Waals surface area contributed by atoms with E-state index in [0.717, 1.165) is 11.3 Å². The zero-order valence-electron chi connectivity index (χ0n) is 23.6. The summed E-state index contributed by atoms with van der Waals surface area (Å²) in [6.45, 7) is 8.47. The van der Waals surface area contributed by atoms with Crippen molar-refractivity contribution < 1.29 is 34.1 Å². The number of nitrogens with one attached hydrogen (secondary N) is 2. The van der Waals surface area contributed by atoms with E-state index < -0.39 is 47.7 Å². The van der Waals surface area contributed by atoms with Crippen molar-refractivity contribution in [3.05, 3.63) is 53.6 Å². The zero-order valence-corrected chi connectivity index (χ0v) is 25.1. The van der Waals surface area contributed by atoms with Gasteiger partial charge in [0, 0.05) is 42.5 Å². The Balaban J connectivity index is 2.11. The number of carboxylic acids is 2. The molecule has 0 spiro atoms. The Bertz CT molecular complexity index is 1210. The third-order valence-corrected chi connectivity index (χ3v) is 6.57. The van der Waals surface area contributed by atoms with Gasteiger partial charge in [0.15, 0.2) is 0 Å². The normalized spacial score (nSPS) is 12.6. The van der Waals surface area contributed by atoms with Gasteiger partial charge in [0.1, 0.15) is 23.6 Å². The van der Waals surface area contributed by atoms with Crippen LogP contribution < -0.4 is 20.3 Å². The van der Waals surface area contributed by atoms with Crippen molar-refractivity contribution in [1.29, 1.82) is 0 Å². The van der Waals surface area contributed by atoms with Crippen molar-refractivity contribution in [1.82, 2.24) is 10.6 Å². The lowest BCUT2D eigenvalue weighted by atomic mass is 9.85. The maximum atomic E-state index is 13.0. The number of hydrogen-bond acceptors (Lipinski definition) is 6. The first kappa shape index (κ1) is 33.7. The van der Waals surface area contributed by atoms with E-state index in [0.29, 0.717) is 36.3 Å². The van der Waals surface area contributed by atoms with Gasteiger partial charge in [-0.25, -0.2) is 4.79 Å². The maximum Gasteiger partial charge on any atom is 0.326 e. The monoisotopic (exact) mass is 609 g/mol. The Hall–Kier alpha value is -3.50. The van der Waals surface area contributed by atoms with Gasteiger partial charge in [-0.05, 0) is 66.8 Å². The highest BCUT2D eigenvalue weighted by molar-refractivity contribution is 6.18. The van der Waals surface area contributed by atoms with E-state index in [1.165, 1.54) is 0 Å². The van der Waals surface area contributed by atoms with E-state index in [4.69, 9.17) is 33.0 Å². The van der Waals surface area contributed by atoms with Crippen LogP contribution in [-0.2, 0) is 14.4 Å². The van der Waals surface area contributed by atoms with Crippen LogP contribution in [0.1, 0.15) is 49.5 Å². The van der Waals surface area contributed by atoms with E-state index in [-0.39, 0.29) is 12.0 Å². The first-order chi connectivity index (χ1) is 19.3. The number of anilines is 1. The molecular weight excluding hydrogens is 573 g/mol. The molecule has 0 bridgehead atoms. The summed E-state index contributed by atoms with van der Waals surface area (Å²) in [6, 6.07) is 9.56. The van der Waals surface area contributed by atoms with Crippen molar-refractivity contribution in [3.63, 3.8) is 0 Å². The standard InChI is InChI=1S/C29H37Cl2N3O7/c1-18-17-21(9-11-23(18)34(15-13-30)16-14-31)41-20-7-5-19(6-8-20)26(37)33-25(29(2,3)4)27(38)32-22(28(39)40)10-12-24(35)36/h5-9,11,17,22,25H,10,12-16H2,1-4H3,(H,32,38)(H,33,37)(H,35,36)(H,39,40)/t22-,25+/m0/s1. The minimum absolute atomic E-state index is 0.268. The summed E-state index contributed by atoms with van der Waals surface area (Å²) in [5.74, 6) is -1.73. The second kappa shape index (κ2) is 15.5. The number of ether oxygens (including phenoxy) is 1. The molecule has 0 aromatic heterocycles. The molecular formula is C29H37Cl2N3O7. The van der Waals surface area contributed by atoms with Crippen LogP contribution >= 0.6 is 23.2 Å². The number of carboxylic acid groups (broad SMARTS) is 2. The summed E-state index contributed by atoms with van der Waals surface area (Å²) in [4.78, 5) is 50.5. The maximum absolute atomic E-state index is 13.0. The van der Waals surface area contributed by atoms with Crippen LogP contribution in [0.4, 0.5) is 5.69 Å². The van der Waals surface area contributed by atoms with Gasteiger partial charge in [0.05, 0.1) is 0 Å². The Morgan fingerprint density at radius 3 is 2.00 bits per heavy atom. The fourth-order valence-corrected chi connectivity index (χ4v) is 4.49. The predicted octanol–water partition coefficient (Wildman–Crippen LogP) is 4.65. The first-order valence-electron chi connectivity index (χ1n) is 13.1. The minimum atomic E-state index is -1.40. The molecule has 10 nitrogen and oxygen atoms in total. The topological polar surface area (TPSA) is 145 Å². The molecule has 0 unspecified atom stereocenters. The van der Waals surface area contributed by atoms with Crippen molar-refractivity contribution in [2.24, 2.45) is 5.41 Å². The van der Waals surface area contributed by atoms with Gasteiger partial charge in [-0.15, -0.1) is 23.2 Å². The number of aliphatic carboxylic acids is 2. The number of benzene rings is 2. The lowest BCUT2D eigenvalue weighted by Crippen LogP contribution is -2.56. The van der Waals surface area contributed by atoms with E-state index in [9.17, 15) is 24.3 Å². The molecule has 0 radical (unpaired) electrons. The third kappa shape index (κ3) is 10.4. The van der Waals surface area contributed by atoms with Gasteiger partial charge in [-0.1, -0.05) is 20.8 Å². The number of nitrogens with zero attached hydrogens (tertiary/aromatic N) is 1. The van der Waals surface area contributed by atoms with Crippen LogP contribution in [0.5, 0.6) is 11.5 Å². The Morgan fingerprint density at radius 2 is 1.51 bits per heavy atom. The summed E-state index contributed by atoms with van der Waals surface area (Å²) in [5, 5.41) is 23.3. The van der Waals surface area contributed by atoms with Gasteiger partial charge in [-0.2, -0.15) is 0 Å². The molecule has 4 N–H and O–H groups in total. The second-order valence-electron chi connectivity index (χ2n) is 10.5. The number of carbonyl (C=O) groups excluding carboxylic acids is 2. The number of rotatable bonds is 15. The van der Waals surface area contributed by atoms with Crippen molar-refractivity contribution in [3.8, 4) is 11.5 Å². The largest absolute Gasteiger partial charge is 0.481 e. The van der Waals surface area contributed by atoms with Crippen LogP contribution in [0.25, 0.3) is 0 Å². The van der Waals surface area contributed by atoms with Gasteiger partial charge in [0.25, 0.3) is 5.91 Å². The molecule has 2 rings (SSSR count).